The van der Waals surface area contributed by atoms with Crippen molar-refractivity contribution in [1.82, 2.24) is 9.78 Å². The first-order chi connectivity index (χ1) is 5.92. The van der Waals surface area contributed by atoms with Crippen molar-refractivity contribution in [2.75, 3.05) is 0 Å². The van der Waals surface area contributed by atoms with Gasteiger partial charge in [-0.2, -0.15) is 5.10 Å². The lowest BCUT2D eigenvalue weighted by Gasteiger charge is -2.20. The second-order valence-corrected chi connectivity index (χ2v) is 3.86. The molecular weight excluding hydrogens is 168 g/mol. The molecule has 0 aliphatic heterocycles. The van der Waals surface area contributed by atoms with E-state index in [4.69, 9.17) is 5.11 Å². The molecule has 0 bridgehead atoms. The van der Waals surface area contributed by atoms with Crippen molar-refractivity contribution in [3.63, 3.8) is 0 Å². The van der Waals surface area contributed by atoms with Crippen molar-refractivity contribution in [3.8, 4) is 0 Å². The predicted octanol–water partition coefficient (Wildman–Crippen LogP) is 1.17. The first-order valence-corrected chi connectivity index (χ1v) is 4.13. The average molecular weight is 182 g/mol. The Morgan fingerprint density at radius 3 is 2.69 bits per heavy atom. The fourth-order valence-electron chi connectivity index (χ4n) is 1.25. The first-order valence-electron chi connectivity index (χ1n) is 4.13. The van der Waals surface area contributed by atoms with Crippen LogP contribution in [0.3, 0.4) is 0 Å². The number of nitrogens with zero attached hydrogens (tertiary/aromatic N) is 2. The van der Waals surface area contributed by atoms with Gasteiger partial charge in [0.1, 0.15) is 0 Å². The Hall–Kier alpha value is -1.32. The highest BCUT2D eigenvalue weighted by Gasteiger charge is 2.25. The molecule has 1 rings (SSSR count). The summed E-state index contributed by atoms with van der Waals surface area (Å²) < 4.78 is 1.68. The molecule has 0 radical (unpaired) electrons. The minimum atomic E-state index is -0.783. The second kappa shape index (κ2) is 3.20. The zero-order chi connectivity index (χ0) is 10.1. The van der Waals surface area contributed by atoms with Crippen LogP contribution >= 0.6 is 0 Å². The molecule has 72 valence electrons. The Morgan fingerprint density at radius 2 is 2.31 bits per heavy atom. The summed E-state index contributed by atoms with van der Waals surface area (Å²) in [7, 11) is 1.82. The minimum absolute atomic E-state index is 0.124. The van der Waals surface area contributed by atoms with Crippen LogP contribution in [0.5, 0.6) is 0 Å². The molecular formula is C9H14N2O2. The van der Waals surface area contributed by atoms with Gasteiger partial charge in [0.25, 0.3) is 0 Å². The summed E-state index contributed by atoms with van der Waals surface area (Å²) in [6.45, 7) is 3.80. The maximum absolute atomic E-state index is 10.6. The van der Waals surface area contributed by atoms with E-state index in [1.165, 1.54) is 0 Å². The SMILES string of the molecule is Cn1cc(C(C)(C)CC(=O)O)cn1. The quantitative estimate of drug-likeness (QED) is 0.763. The lowest BCUT2D eigenvalue weighted by molar-refractivity contribution is -0.138. The summed E-state index contributed by atoms with van der Waals surface area (Å²) in [5.74, 6) is -0.783. The molecule has 0 fully saturated rings. The highest BCUT2D eigenvalue weighted by atomic mass is 16.4. The fraction of sp³-hybridized carbons (Fsp3) is 0.556. The molecule has 4 heteroatoms. The van der Waals surface area contributed by atoms with E-state index in [-0.39, 0.29) is 11.8 Å². The standard InChI is InChI=1S/C9H14N2O2/c1-9(2,4-8(12)13)7-5-10-11(3)6-7/h5-6H,4H2,1-3H3,(H,12,13). The maximum Gasteiger partial charge on any atom is 0.304 e. The number of hydrogen-bond donors (Lipinski definition) is 1. The van der Waals surface area contributed by atoms with Crippen LogP contribution in [-0.2, 0) is 17.3 Å². The van der Waals surface area contributed by atoms with Crippen LogP contribution < -0.4 is 0 Å². The highest BCUT2D eigenvalue weighted by molar-refractivity contribution is 5.68. The monoisotopic (exact) mass is 182 g/mol. The van der Waals surface area contributed by atoms with Gasteiger partial charge >= 0.3 is 5.97 Å². The third kappa shape index (κ3) is 2.31. The lowest BCUT2D eigenvalue weighted by atomic mass is 9.83. The van der Waals surface area contributed by atoms with Gasteiger partial charge in [-0.3, -0.25) is 9.48 Å². The van der Waals surface area contributed by atoms with Gasteiger partial charge in [0.15, 0.2) is 0 Å². The molecule has 4 nitrogen and oxygen atoms in total. The second-order valence-electron chi connectivity index (χ2n) is 3.86. The number of carboxylic acid groups (broad SMARTS) is 1. The van der Waals surface area contributed by atoms with E-state index in [9.17, 15) is 4.79 Å². The number of aromatic nitrogens is 2. The van der Waals surface area contributed by atoms with Crippen LogP contribution in [0, 0.1) is 0 Å². The Balaban J connectivity index is 2.86. The third-order valence-corrected chi connectivity index (χ3v) is 2.08. The van der Waals surface area contributed by atoms with Gasteiger partial charge in [-0.1, -0.05) is 13.8 Å². The van der Waals surface area contributed by atoms with Crippen LogP contribution in [0.4, 0.5) is 0 Å². The largest absolute Gasteiger partial charge is 0.481 e. The number of carbonyl (C=O) groups is 1. The molecule has 0 aromatic carbocycles. The van der Waals surface area contributed by atoms with E-state index >= 15 is 0 Å². The molecule has 1 N–H and O–H groups in total. The summed E-state index contributed by atoms with van der Waals surface area (Å²) >= 11 is 0. The molecule has 1 aromatic heterocycles. The summed E-state index contributed by atoms with van der Waals surface area (Å²) in [5, 5.41) is 12.7. The van der Waals surface area contributed by atoms with E-state index in [0.717, 1.165) is 5.56 Å². The fourth-order valence-corrected chi connectivity index (χ4v) is 1.25. The first kappa shape index (κ1) is 9.77. The van der Waals surface area contributed by atoms with E-state index in [2.05, 4.69) is 5.10 Å². The molecule has 1 heterocycles. The number of aliphatic carboxylic acids is 1. The van der Waals surface area contributed by atoms with Crippen molar-refractivity contribution in [1.29, 1.82) is 0 Å². The zero-order valence-electron chi connectivity index (χ0n) is 8.11. The van der Waals surface area contributed by atoms with E-state index in [0.29, 0.717) is 0 Å². The number of carboxylic acids is 1. The number of hydrogen-bond acceptors (Lipinski definition) is 2. The average Bonchev–Trinajstić information content (AvgIpc) is 2.32. The van der Waals surface area contributed by atoms with Crippen molar-refractivity contribution in [3.05, 3.63) is 18.0 Å². The molecule has 1 aromatic rings. The summed E-state index contributed by atoms with van der Waals surface area (Å²) in [6, 6.07) is 0. The van der Waals surface area contributed by atoms with Crippen LogP contribution in [-0.4, -0.2) is 20.9 Å². The molecule has 0 aliphatic rings. The van der Waals surface area contributed by atoms with Crippen molar-refractivity contribution < 1.29 is 9.90 Å². The highest BCUT2D eigenvalue weighted by Crippen LogP contribution is 2.25. The van der Waals surface area contributed by atoms with Crippen molar-refractivity contribution in [2.45, 2.75) is 25.7 Å². The van der Waals surface area contributed by atoms with E-state index in [1.807, 2.05) is 27.1 Å². The van der Waals surface area contributed by atoms with Gasteiger partial charge in [-0.15, -0.1) is 0 Å². The Bertz CT molecular complexity index is 315. The molecule has 0 amide bonds. The zero-order valence-corrected chi connectivity index (χ0v) is 8.11. The maximum atomic E-state index is 10.6. The van der Waals surface area contributed by atoms with Gasteiger partial charge in [-0.05, 0) is 5.56 Å². The molecule has 0 atom stereocenters. The van der Waals surface area contributed by atoms with Crippen LogP contribution in [0.1, 0.15) is 25.8 Å². The Morgan fingerprint density at radius 1 is 1.69 bits per heavy atom. The lowest BCUT2D eigenvalue weighted by Crippen LogP contribution is -2.20. The molecule has 13 heavy (non-hydrogen) atoms. The van der Waals surface area contributed by atoms with Gasteiger partial charge in [0.05, 0.1) is 12.6 Å². The van der Waals surface area contributed by atoms with Gasteiger partial charge < -0.3 is 5.11 Å². The van der Waals surface area contributed by atoms with Gasteiger partial charge in [0.2, 0.25) is 0 Å². The van der Waals surface area contributed by atoms with E-state index in [1.54, 1.807) is 10.9 Å². The van der Waals surface area contributed by atoms with E-state index < -0.39 is 5.97 Å². The number of aryl methyl sites for hydroxylation is 1. The molecule has 0 saturated carbocycles. The van der Waals surface area contributed by atoms with Crippen LogP contribution in [0.15, 0.2) is 12.4 Å². The smallest absolute Gasteiger partial charge is 0.304 e. The normalized spacial score (nSPS) is 11.6. The third-order valence-electron chi connectivity index (χ3n) is 2.08. The van der Waals surface area contributed by atoms with Crippen LogP contribution in [0.2, 0.25) is 0 Å². The van der Waals surface area contributed by atoms with Gasteiger partial charge in [0, 0.05) is 18.7 Å². The number of rotatable bonds is 3. The van der Waals surface area contributed by atoms with Crippen molar-refractivity contribution >= 4 is 5.97 Å². The summed E-state index contributed by atoms with van der Waals surface area (Å²) in [4.78, 5) is 10.6. The minimum Gasteiger partial charge on any atom is -0.481 e. The van der Waals surface area contributed by atoms with Crippen LogP contribution in [0.25, 0.3) is 0 Å². The topological polar surface area (TPSA) is 55.1 Å². The molecule has 0 spiro atoms. The van der Waals surface area contributed by atoms with Gasteiger partial charge in [-0.25, -0.2) is 0 Å². The Kier molecular flexibility index (Phi) is 2.40. The molecule has 0 aliphatic carbocycles. The van der Waals surface area contributed by atoms with Crippen molar-refractivity contribution in [2.24, 2.45) is 7.05 Å². The predicted molar refractivity (Wildman–Crippen MR) is 48.5 cm³/mol. The summed E-state index contributed by atoms with van der Waals surface area (Å²) in [6.07, 6.45) is 3.69. The Labute approximate surface area is 77.2 Å². The molecule has 0 unspecified atom stereocenters. The summed E-state index contributed by atoms with van der Waals surface area (Å²) in [5.41, 5.74) is 0.609. The molecule has 0 saturated heterocycles.